The summed E-state index contributed by atoms with van der Waals surface area (Å²) in [4.78, 5) is 0. The molecular weight excluding hydrogens is 403 g/mol. The van der Waals surface area contributed by atoms with Gasteiger partial charge >= 0.3 is 164 Å². The van der Waals surface area contributed by atoms with Crippen molar-refractivity contribution in [2.24, 2.45) is 11.0 Å². The van der Waals surface area contributed by atoms with E-state index in [0.717, 1.165) is 0 Å². The molecule has 3 rings (SSSR count). The van der Waals surface area contributed by atoms with E-state index in [-0.39, 0.29) is 0 Å². The van der Waals surface area contributed by atoms with Crippen LogP contribution >= 0.6 is 20.9 Å². The van der Waals surface area contributed by atoms with Gasteiger partial charge in [0.15, 0.2) is 0 Å². The van der Waals surface area contributed by atoms with E-state index in [4.69, 9.17) is 0 Å². The van der Waals surface area contributed by atoms with Crippen LogP contribution in [0.15, 0.2) is 96.1 Å². The third-order valence-electron chi connectivity index (χ3n) is 4.34. The first-order valence-electron chi connectivity index (χ1n) is 8.77. The van der Waals surface area contributed by atoms with Gasteiger partial charge in [-0.15, -0.1) is 0 Å². The summed E-state index contributed by atoms with van der Waals surface area (Å²) < 4.78 is 0. The monoisotopic (exact) mass is 426 g/mol. The summed E-state index contributed by atoms with van der Waals surface area (Å²) in [5, 5.41) is 11.9. The van der Waals surface area contributed by atoms with Gasteiger partial charge in [0.1, 0.15) is 0 Å². The number of nitrogens with one attached hydrogen (secondary N) is 1. The fourth-order valence-electron chi connectivity index (χ4n) is 3.04. The molecule has 0 aromatic heterocycles. The van der Waals surface area contributed by atoms with Crippen LogP contribution in [0.1, 0.15) is 13.8 Å². The van der Waals surface area contributed by atoms with Crippen LogP contribution in [-0.2, 0) is 0 Å². The second kappa shape index (κ2) is 7.73. The number of benzene rings is 3. The topological polar surface area (TPSA) is 24.4 Å². The van der Waals surface area contributed by atoms with Crippen molar-refractivity contribution >= 4 is 43.1 Å². The van der Waals surface area contributed by atoms with Gasteiger partial charge in [-0.3, -0.25) is 0 Å². The fraction of sp³-hybridized carbons (Fsp3) is 0.136. The molecule has 0 spiro atoms. The zero-order valence-corrected chi connectivity index (χ0v) is 17.6. The van der Waals surface area contributed by atoms with Crippen LogP contribution in [-0.4, -0.2) is 6.21 Å². The Kier molecular flexibility index (Phi) is 5.60. The standard InChI is InChI=1S/C22H24BrN2P/c1-19(2)18-24-25-26(23,20-12-6-3-7-13-20,21-14-8-4-9-15-21)22-16-10-5-11-17-22/h3-19,25H,1-2H3/b24-18+. The summed E-state index contributed by atoms with van der Waals surface area (Å²) in [6.07, 6.45) is 1.96. The van der Waals surface area contributed by atoms with Crippen LogP contribution in [0.2, 0.25) is 0 Å². The molecule has 0 radical (unpaired) electrons. The predicted molar refractivity (Wildman–Crippen MR) is 121 cm³/mol. The second-order valence-corrected chi connectivity index (χ2v) is 14.7. The average molecular weight is 427 g/mol. The summed E-state index contributed by atoms with van der Waals surface area (Å²) >= 11 is 4.27. The molecule has 3 aromatic carbocycles. The van der Waals surface area contributed by atoms with Crippen LogP contribution in [0, 0.1) is 5.92 Å². The number of hydrogen-bond acceptors (Lipinski definition) is 2. The van der Waals surface area contributed by atoms with E-state index < -0.39 is 5.46 Å². The molecule has 134 valence electrons. The van der Waals surface area contributed by atoms with Crippen LogP contribution in [0.25, 0.3) is 0 Å². The molecule has 0 bridgehead atoms. The second-order valence-electron chi connectivity index (χ2n) is 6.64. The van der Waals surface area contributed by atoms with Gasteiger partial charge in [0.25, 0.3) is 0 Å². The molecule has 26 heavy (non-hydrogen) atoms. The van der Waals surface area contributed by atoms with Crippen molar-refractivity contribution in [1.29, 1.82) is 0 Å². The van der Waals surface area contributed by atoms with E-state index in [0.29, 0.717) is 5.92 Å². The van der Waals surface area contributed by atoms with Crippen LogP contribution in [0.5, 0.6) is 0 Å². The summed E-state index contributed by atoms with van der Waals surface area (Å²) in [7, 11) is 0. The van der Waals surface area contributed by atoms with Gasteiger partial charge in [-0.2, -0.15) is 0 Å². The first kappa shape index (κ1) is 18.8. The Labute approximate surface area is 164 Å². The normalized spacial score (nSPS) is 13.5. The quantitative estimate of drug-likeness (QED) is 0.335. The van der Waals surface area contributed by atoms with Crippen molar-refractivity contribution in [2.45, 2.75) is 13.8 Å². The third-order valence-corrected chi connectivity index (χ3v) is 12.8. The molecule has 2 nitrogen and oxygen atoms in total. The Bertz CT molecular complexity index is 765. The molecule has 0 amide bonds. The summed E-state index contributed by atoms with van der Waals surface area (Å²) in [6, 6.07) is 31.7. The molecule has 0 unspecified atom stereocenters. The maximum atomic E-state index is 4.68. The molecule has 0 fully saturated rings. The molecular formula is C22H24BrN2P. The molecule has 0 aliphatic carbocycles. The van der Waals surface area contributed by atoms with E-state index >= 15 is 0 Å². The first-order chi connectivity index (χ1) is 12.6. The third kappa shape index (κ3) is 3.34. The summed E-state index contributed by atoms with van der Waals surface area (Å²) in [6.45, 7) is 4.25. The van der Waals surface area contributed by atoms with E-state index in [1.54, 1.807) is 0 Å². The molecule has 0 aliphatic rings. The summed E-state index contributed by atoms with van der Waals surface area (Å²) in [5.41, 5.74) is -3.14. The molecule has 1 N–H and O–H groups in total. The van der Waals surface area contributed by atoms with Crippen molar-refractivity contribution < 1.29 is 0 Å². The van der Waals surface area contributed by atoms with Gasteiger partial charge < -0.3 is 0 Å². The molecule has 0 aliphatic heterocycles. The number of rotatable bonds is 6. The van der Waals surface area contributed by atoms with E-state index in [1.807, 2.05) is 24.4 Å². The molecule has 3 aromatic rings. The van der Waals surface area contributed by atoms with Crippen molar-refractivity contribution in [3.8, 4) is 0 Å². The van der Waals surface area contributed by atoms with Crippen LogP contribution in [0.3, 0.4) is 0 Å². The molecule has 0 heterocycles. The van der Waals surface area contributed by atoms with Crippen LogP contribution < -0.4 is 21.1 Å². The summed E-state index contributed by atoms with van der Waals surface area (Å²) in [5.74, 6) is 0.367. The van der Waals surface area contributed by atoms with Crippen molar-refractivity contribution in [3.63, 3.8) is 0 Å². The average Bonchev–Trinajstić information content (AvgIpc) is 2.70. The van der Waals surface area contributed by atoms with Crippen molar-refractivity contribution in [3.05, 3.63) is 91.0 Å². The number of nitrogens with zero attached hydrogens (tertiary/aromatic N) is 1. The Balaban J connectivity index is 2.35. The van der Waals surface area contributed by atoms with Gasteiger partial charge in [-0.25, -0.2) is 0 Å². The van der Waals surface area contributed by atoms with Gasteiger partial charge in [-0.1, -0.05) is 0 Å². The predicted octanol–water partition coefficient (Wildman–Crippen LogP) is 4.97. The Morgan fingerprint density at radius 1 is 0.731 bits per heavy atom. The zero-order chi connectivity index (χ0) is 18.5. The van der Waals surface area contributed by atoms with Crippen LogP contribution in [0.4, 0.5) is 0 Å². The number of hydrazone groups is 1. The maximum absolute atomic E-state index is 4.68. The van der Waals surface area contributed by atoms with Gasteiger partial charge in [0, 0.05) is 0 Å². The van der Waals surface area contributed by atoms with Gasteiger partial charge in [0.05, 0.1) is 0 Å². The molecule has 0 saturated heterocycles. The van der Waals surface area contributed by atoms with E-state index in [1.165, 1.54) is 15.9 Å². The van der Waals surface area contributed by atoms with E-state index in [9.17, 15) is 0 Å². The first-order valence-corrected chi connectivity index (χ1v) is 13.0. The van der Waals surface area contributed by atoms with E-state index in [2.05, 4.69) is 112 Å². The Hall–Kier alpha value is -1.96. The molecule has 0 atom stereocenters. The minimum absolute atomic E-state index is 0.367. The zero-order valence-electron chi connectivity index (χ0n) is 15.1. The van der Waals surface area contributed by atoms with Crippen molar-refractivity contribution in [1.82, 2.24) is 5.20 Å². The Morgan fingerprint density at radius 2 is 1.08 bits per heavy atom. The minimum atomic E-state index is -3.14. The SMILES string of the molecule is CC(C)/C=N/NP(Br)(c1ccccc1)(c1ccccc1)c1ccccc1. The fourth-order valence-corrected chi connectivity index (χ4v) is 9.16. The van der Waals surface area contributed by atoms with Crippen molar-refractivity contribution in [2.75, 3.05) is 0 Å². The molecule has 0 saturated carbocycles. The van der Waals surface area contributed by atoms with Gasteiger partial charge in [-0.05, 0) is 0 Å². The van der Waals surface area contributed by atoms with Gasteiger partial charge in [0.2, 0.25) is 0 Å². The number of hydrogen-bond donors (Lipinski definition) is 1. The molecule has 4 heteroatoms. The number of halogens is 1. The Morgan fingerprint density at radius 3 is 1.38 bits per heavy atom.